The molecule has 0 aliphatic carbocycles. The van der Waals surface area contributed by atoms with Crippen LogP contribution in [0.4, 0.5) is 8.78 Å². The van der Waals surface area contributed by atoms with E-state index >= 15 is 0 Å². The number of halogens is 2. The molecule has 16 heavy (non-hydrogen) atoms. The van der Waals surface area contributed by atoms with Crippen molar-refractivity contribution in [2.45, 2.75) is 25.9 Å². The third-order valence-corrected chi connectivity index (χ3v) is 2.25. The van der Waals surface area contributed by atoms with Gasteiger partial charge < -0.3 is 10.4 Å². The van der Waals surface area contributed by atoms with Crippen LogP contribution in [0.15, 0.2) is 24.8 Å². The van der Waals surface area contributed by atoms with Crippen molar-refractivity contribution in [1.82, 2.24) is 5.32 Å². The molecule has 1 aromatic rings. The van der Waals surface area contributed by atoms with Crippen molar-refractivity contribution in [3.05, 3.63) is 42.0 Å². The van der Waals surface area contributed by atoms with Crippen LogP contribution in [0.25, 0.3) is 0 Å². The van der Waals surface area contributed by atoms with Crippen molar-refractivity contribution < 1.29 is 13.9 Å². The minimum atomic E-state index is -0.937. The Labute approximate surface area is 93.6 Å². The number of phenolic OH excluding ortho intramolecular Hbond substituents is 1. The summed E-state index contributed by atoms with van der Waals surface area (Å²) >= 11 is 0. The van der Waals surface area contributed by atoms with Gasteiger partial charge in [0, 0.05) is 12.6 Å². The SMILES string of the molecule is C=CCC(C)NCc1cc(F)c(O)c(F)c1. The van der Waals surface area contributed by atoms with E-state index in [2.05, 4.69) is 11.9 Å². The van der Waals surface area contributed by atoms with Gasteiger partial charge in [-0.25, -0.2) is 8.78 Å². The Morgan fingerprint density at radius 1 is 1.44 bits per heavy atom. The van der Waals surface area contributed by atoms with Crippen LogP contribution < -0.4 is 5.32 Å². The number of rotatable bonds is 5. The van der Waals surface area contributed by atoms with Crippen LogP contribution in [-0.4, -0.2) is 11.1 Å². The number of phenols is 1. The summed E-state index contributed by atoms with van der Waals surface area (Å²) in [6.45, 7) is 5.91. The number of hydrogen-bond donors (Lipinski definition) is 2. The minimum Gasteiger partial charge on any atom is -0.503 e. The number of aromatic hydroxyl groups is 1. The first kappa shape index (κ1) is 12.6. The third kappa shape index (κ3) is 3.31. The Morgan fingerprint density at radius 3 is 2.50 bits per heavy atom. The first-order valence-electron chi connectivity index (χ1n) is 5.05. The molecule has 0 bridgehead atoms. The van der Waals surface area contributed by atoms with Crippen LogP contribution in [0.1, 0.15) is 18.9 Å². The van der Waals surface area contributed by atoms with Gasteiger partial charge in [-0.05, 0) is 31.0 Å². The zero-order chi connectivity index (χ0) is 12.1. The second-order valence-corrected chi connectivity index (χ2v) is 3.71. The summed E-state index contributed by atoms with van der Waals surface area (Å²) < 4.78 is 26.0. The lowest BCUT2D eigenvalue weighted by Crippen LogP contribution is -2.24. The quantitative estimate of drug-likeness (QED) is 0.758. The first-order chi connectivity index (χ1) is 7.54. The van der Waals surface area contributed by atoms with E-state index in [1.54, 1.807) is 6.08 Å². The average Bonchev–Trinajstić information content (AvgIpc) is 2.23. The van der Waals surface area contributed by atoms with Crippen LogP contribution >= 0.6 is 0 Å². The molecule has 2 nitrogen and oxygen atoms in total. The number of benzene rings is 1. The van der Waals surface area contributed by atoms with E-state index < -0.39 is 17.4 Å². The molecule has 0 saturated heterocycles. The van der Waals surface area contributed by atoms with Crippen molar-refractivity contribution >= 4 is 0 Å². The summed E-state index contributed by atoms with van der Waals surface area (Å²) in [5, 5.41) is 12.0. The summed E-state index contributed by atoms with van der Waals surface area (Å²) in [5.41, 5.74) is 0.462. The van der Waals surface area contributed by atoms with Crippen LogP contribution in [-0.2, 0) is 6.54 Å². The van der Waals surface area contributed by atoms with Crippen LogP contribution in [0, 0.1) is 11.6 Å². The molecule has 2 N–H and O–H groups in total. The van der Waals surface area contributed by atoms with Gasteiger partial charge in [0.15, 0.2) is 17.4 Å². The standard InChI is InChI=1S/C12H15F2NO/c1-3-4-8(2)15-7-9-5-10(13)12(16)11(14)6-9/h3,5-6,8,15-16H,1,4,7H2,2H3. The predicted octanol–water partition coefficient (Wildman–Crippen LogP) is 2.72. The smallest absolute Gasteiger partial charge is 0.187 e. The topological polar surface area (TPSA) is 32.3 Å². The highest BCUT2D eigenvalue weighted by molar-refractivity contribution is 5.29. The summed E-state index contributed by atoms with van der Waals surface area (Å²) in [4.78, 5) is 0. The normalized spacial score (nSPS) is 12.4. The van der Waals surface area contributed by atoms with E-state index in [0.29, 0.717) is 12.1 Å². The van der Waals surface area contributed by atoms with Gasteiger partial charge in [-0.3, -0.25) is 0 Å². The number of nitrogens with one attached hydrogen (secondary N) is 1. The van der Waals surface area contributed by atoms with Crippen molar-refractivity contribution in [1.29, 1.82) is 0 Å². The molecule has 0 heterocycles. The van der Waals surface area contributed by atoms with Gasteiger partial charge in [0.1, 0.15) is 0 Å². The van der Waals surface area contributed by atoms with Gasteiger partial charge in [0.05, 0.1) is 0 Å². The van der Waals surface area contributed by atoms with E-state index in [0.717, 1.165) is 18.6 Å². The highest BCUT2D eigenvalue weighted by Gasteiger charge is 2.09. The molecule has 0 aliphatic rings. The molecule has 0 saturated carbocycles. The molecular formula is C12H15F2NO. The predicted molar refractivity (Wildman–Crippen MR) is 59.1 cm³/mol. The first-order valence-corrected chi connectivity index (χ1v) is 5.05. The molecule has 0 spiro atoms. The zero-order valence-electron chi connectivity index (χ0n) is 9.13. The third-order valence-electron chi connectivity index (χ3n) is 2.25. The lowest BCUT2D eigenvalue weighted by Gasteiger charge is -2.11. The molecule has 1 unspecified atom stereocenters. The molecule has 0 amide bonds. The fraction of sp³-hybridized carbons (Fsp3) is 0.333. The van der Waals surface area contributed by atoms with Crippen molar-refractivity contribution in [3.8, 4) is 5.75 Å². The van der Waals surface area contributed by atoms with Gasteiger partial charge in [0.2, 0.25) is 0 Å². The van der Waals surface area contributed by atoms with Gasteiger partial charge >= 0.3 is 0 Å². The molecule has 88 valence electrons. The Bertz CT molecular complexity index is 356. The lowest BCUT2D eigenvalue weighted by molar-refractivity contribution is 0.394. The lowest BCUT2D eigenvalue weighted by atomic mass is 10.1. The van der Waals surface area contributed by atoms with Crippen molar-refractivity contribution in [2.24, 2.45) is 0 Å². The minimum absolute atomic E-state index is 0.192. The summed E-state index contributed by atoms with van der Waals surface area (Å²) in [5.74, 6) is -2.80. The highest BCUT2D eigenvalue weighted by Crippen LogP contribution is 2.21. The molecule has 0 fully saturated rings. The van der Waals surface area contributed by atoms with Crippen LogP contribution in [0.3, 0.4) is 0 Å². The largest absolute Gasteiger partial charge is 0.503 e. The summed E-state index contributed by atoms with van der Waals surface area (Å²) in [7, 11) is 0. The van der Waals surface area contributed by atoms with E-state index in [4.69, 9.17) is 5.11 Å². The summed E-state index contributed by atoms with van der Waals surface area (Å²) in [6.07, 6.45) is 2.55. The van der Waals surface area contributed by atoms with Crippen molar-refractivity contribution in [3.63, 3.8) is 0 Å². The molecule has 0 aromatic heterocycles. The Morgan fingerprint density at radius 2 is 2.00 bits per heavy atom. The second-order valence-electron chi connectivity index (χ2n) is 3.71. The second kappa shape index (κ2) is 5.61. The maximum atomic E-state index is 13.0. The van der Waals surface area contributed by atoms with Crippen LogP contribution in [0.5, 0.6) is 5.75 Å². The van der Waals surface area contributed by atoms with E-state index in [9.17, 15) is 8.78 Å². The van der Waals surface area contributed by atoms with E-state index in [1.165, 1.54) is 0 Å². The molecule has 0 radical (unpaired) electrons. The molecular weight excluding hydrogens is 212 g/mol. The van der Waals surface area contributed by atoms with Gasteiger partial charge in [-0.15, -0.1) is 6.58 Å². The molecule has 0 aliphatic heterocycles. The monoisotopic (exact) mass is 227 g/mol. The van der Waals surface area contributed by atoms with Gasteiger partial charge in [-0.1, -0.05) is 6.08 Å². The molecule has 1 aromatic carbocycles. The van der Waals surface area contributed by atoms with Crippen LogP contribution in [0.2, 0.25) is 0 Å². The molecule has 1 atom stereocenters. The maximum Gasteiger partial charge on any atom is 0.187 e. The van der Waals surface area contributed by atoms with Crippen molar-refractivity contribution in [2.75, 3.05) is 0 Å². The summed E-state index contributed by atoms with van der Waals surface area (Å²) in [6, 6.07) is 2.43. The molecule has 1 rings (SSSR count). The Hall–Kier alpha value is -1.42. The van der Waals surface area contributed by atoms with Gasteiger partial charge in [-0.2, -0.15) is 0 Å². The zero-order valence-corrected chi connectivity index (χ0v) is 9.13. The van der Waals surface area contributed by atoms with E-state index in [1.807, 2.05) is 6.92 Å². The highest BCUT2D eigenvalue weighted by atomic mass is 19.1. The fourth-order valence-electron chi connectivity index (χ4n) is 1.35. The van der Waals surface area contributed by atoms with E-state index in [-0.39, 0.29) is 6.04 Å². The Kier molecular flexibility index (Phi) is 4.43. The average molecular weight is 227 g/mol. The number of hydrogen-bond acceptors (Lipinski definition) is 2. The maximum absolute atomic E-state index is 13.0. The Balaban J connectivity index is 2.64. The van der Waals surface area contributed by atoms with Gasteiger partial charge in [0.25, 0.3) is 0 Å². The molecule has 4 heteroatoms. The fourth-order valence-corrected chi connectivity index (χ4v) is 1.35.